The van der Waals surface area contributed by atoms with Gasteiger partial charge in [-0.25, -0.2) is 0 Å². The number of nitrogens with one attached hydrogen (secondary N) is 1. The first-order valence-electron chi connectivity index (χ1n) is 8.22. The maximum atomic E-state index is 5.86. The first-order valence-corrected chi connectivity index (χ1v) is 8.22. The van der Waals surface area contributed by atoms with Crippen LogP contribution in [0.5, 0.6) is 0 Å². The fraction of sp³-hybridized carbons (Fsp3) is 0.0909. The summed E-state index contributed by atoms with van der Waals surface area (Å²) in [6.45, 7) is 1.53. The van der Waals surface area contributed by atoms with Gasteiger partial charge in [-0.1, -0.05) is 72.8 Å². The first kappa shape index (κ1) is 14.7. The molecule has 0 aliphatic carbocycles. The fourth-order valence-corrected chi connectivity index (χ4v) is 3.02. The predicted molar refractivity (Wildman–Crippen MR) is 98.6 cm³/mol. The van der Waals surface area contributed by atoms with Crippen molar-refractivity contribution in [1.29, 1.82) is 0 Å². The van der Waals surface area contributed by atoms with Crippen molar-refractivity contribution in [3.05, 3.63) is 96.3 Å². The molecule has 24 heavy (non-hydrogen) atoms. The third kappa shape index (κ3) is 3.10. The summed E-state index contributed by atoms with van der Waals surface area (Å²) >= 11 is 0. The van der Waals surface area contributed by atoms with Crippen LogP contribution in [-0.4, -0.2) is 0 Å². The van der Waals surface area contributed by atoms with Crippen LogP contribution in [0.2, 0.25) is 0 Å². The van der Waals surface area contributed by atoms with Crippen molar-refractivity contribution in [2.24, 2.45) is 0 Å². The van der Waals surface area contributed by atoms with Gasteiger partial charge in [0.2, 0.25) is 0 Å². The number of furan rings is 1. The SMILES string of the molecule is c1ccc(-c2ccccc2CNCc2cc3ccccc3o2)cc1. The molecule has 0 unspecified atom stereocenters. The summed E-state index contributed by atoms with van der Waals surface area (Å²) in [5, 5.41) is 4.65. The second-order valence-electron chi connectivity index (χ2n) is 5.88. The van der Waals surface area contributed by atoms with Crippen LogP contribution in [-0.2, 0) is 13.1 Å². The lowest BCUT2D eigenvalue weighted by molar-refractivity contribution is 0.514. The van der Waals surface area contributed by atoms with Crippen molar-refractivity contribution >= 4 is 11.0 Å². The minimum atomic E-state index is 0.720. The molecule has 1 aromatic heterocycles. The normalized spacial score (nSPS) is 11.0. The molecule has 2 nitrogen and oxygen atoms in total. The maximum absolute atomic E-state index is 5.86. The van der Waals surface area contributed by atoms with Crippen molar-refractivity contribution in [1.82, 2.24) is 5.32 Å². The van der Waals surface area contributed by atoms with Crippen LogP contribution in [0.25, 0.3) is 22.1 Å². The lowest BCUT2D eigenvalue weighted by Gasteiger charge is -2.10. The van der Waals surface area contributed by atoms with Gasteiger partial charge in [-0.05, 0) is 28.8 Å². The van der Waals surface area contributed by atoms with Gasteiger partial charge in [-0.15, -0.1) is 0 Å². The van der Waals surface area contributed by atoms with Crippen LogP contribution in [0, 0.1) is 0 Å². The Kier molecular flexibility index (Phi) is 4.13. The van der Waals surface area contributed by atoms with E-state index >= 15 is 0 Å². The van der Waals surface area contributed by atoms with E-state index in [0.29, 0.717) is 0 Å². The van der Waals surface area contributed by atoms with Gasteiger partial charge in [0.15, 0.2) is 0 Å². The molecule has 0 aliphatic heterocycles. The van der Waals surface area contributed by atoms with Crippen molar-refractivity contribution in [2.75, 3.05) is 0 Å². The Labute approximate surface area is 141 Å². The van der Waals surface area contributed by atoms with Gasteiger partial charge >= 0.3 is 0 Å². The molecule has 0 radical (unpaired) electrons. The van der Waals surface area contributed by atoms with E-state index in [0.717, 1.165) is 29.8 Å². The van der Waals surface area contributed by atoms with Crippen molar-refractivity contribution < 1.29 is 4.42 Å². The molecule has 1 N–H and O–H groups in total. The Morgan fingerprint density at radius 1 is 0.708 bits per heavy atom. The van der Waals surface area contributed by atoms with Crippen LogP contribution < -0.4 is 5.32 Å². The molecule has 4 rings (SSSR count). The highest BCUT2D eigenvalue weighted by molar-refractivity contribution is 5.77. The molecule has 4 aromatic rings. The Balaban J connectivity index is 1.48. The van der Waals surface area contributed by atoms with E-state index in [9.17, 15) is 0 Å². The van der Waals surface area contributed by atoms with E-state index in [1.54, 1.807) is 0 Å². The number of benzene rings is 3. The average Bonchev–Trinajstić information content (AvgIpc) is 3.06. The summed E-state index contributed by atoms with van der Waals surface area (Å²) < 4.78 is 5.86. The number of fused-ring (bicyclic) bond motifs is 1. The largest absolute Gasteiger partial charge is 0.460 e. The standard InChI is InChI=1S/C22H19NO/c1-2-8-17(9-3-1)21-12-6-4-11-19(21)15-23-16-20-14-18-10-5-7-13-22(18)24-20/h1-14,23H,15-16H2. The molecule has 0 saturated carbocycles. The number of para-hydroxylation sites is 1. The highest BCUT2D eigenvalue weighted by atomic mass is 16.3. The summed E-state index contributed by atoms with van der Waals surface area (Å²) in [5.74, 6) is 0.966. The Bertz CT molecular complexity index is 907. The van der Waals surface area contributed by atoms with Crippen LogP contribution in [0.1, 0.15) is 11.3 Å². The Morgan fingerprint density at radius 2 is 1.46 bits per heavy atom. The van der Waals surface area contributed by atoms with Crippen LogP contribution >= 0.6 is 0 Å². The van der Waals surface area contributed by atoms with Crippen LogP contribution in [0.3, 0.4) is 0 Å². The summed E-state index contributed by atoms with van der Waals surface area (Å²) in [6, 6.07) is 29.2. The van der Waals surface area contributed by atoms with E-state index in [-0.39, 0.29) is 0 Å². The molecular formula is C22H19NO. The molecule has 0 amide bonds. The Hall–Kier alpha value is -2.84. The van der Waals surface area contributed by atoms with E-state index in [4.69, 9.17) is 4.42 Å². The quantitative estimate of drug-likeness (QED) is 0.534. The number of hydrogen-bond donors (Lipinski definition) is 1. The van der Waals surface area contributed by atoms with Gasteiger partial charge in [0.25, 0.3) is 0 Å². The second-order valence-corrected chi connectivity index (χ2v) is 5.88. The van der Waals surface area contributed by atoms with E-state index in [2.05, 4.69) is 66.0 Å². The molecule has 2 heteroatoms. The zero-order chi connectivity index (χ0) is 16.2. The topological polar surface area (TPSA) is 25.2 Å². The maximum Gasteiger partial charge on any atom is 0.134 e. The van der Waals surface area contributed by atoms with Gasteiger partial charge in [0.1, 0.15) is 11.3 Å². The highest BCUT2D eigenvalue weighted by Crippen LogP contribution is 2.23. The molecule has 1 heterocycles. The fourth-order valence-electron chi connectivity index (χ4n) is 3.02. The van der Waals surface area contributed by atoms with Gasteiger partial charge < -0.3 is 9.73 Å². The average molecular weight is 313 g/mol. The van der Waals surface area contributed by atoms with E-state index < -0.39 is 0 Å². The molecular weight excluding hydrogens is 294 g/mol. The number of hydrogen-bond acceptors (Lipinski definition) is 2. The van der Waals surface area contributed by atoms with Crippen molar-refractivity contribution in [3.63, 3.8) is 0 Å². The summed E-state index contributed by atoms with van der Waals surface area (Å²) in [4.78, 5) is 0. The van der Waals surface area contributed by atoms with Gasteiger partial charge in [-0.3, -0.25) is 0 Å². The molecule has 0 saturated heterocycles. The molecule has 0 bridgehead atoms. The number of rotatable bonds is 5. The van der Waals surface area contributed by atoms with Gasteiger partial charge in [0, 0.05) is 11.9 Å². The second kappa shape index (κ2) is 6.73. The molecule has 0 atom stereocenters. The smallest absolute Gasteiger partial charge is 0.134 e. The van der Waals surface area contributed by atoms with Crippen molar-refractivity contribution in [3.8, 4) is 11.1 Å². The minimum Gasteiger partial charge on any atom is -0.460 e. The minimum absolute atomic E-state index is 0.720. The van der Waals surface area contributed by atoms with Crippen LogP contribution in [0.4, 0.5) is 0 Å². The molecule has 118 valence electrons. The zero-order valence-corrected chi connectivity index (χ0v) is 13.4. The summed E-state index contributed by atoms with van der Waals surface area (Å²) in [7, 11) is 0. The molecule has 0 fully saturated rings. The van der Waals surface area contributed by atoms with Crippen LogP contribution in [0.15, 0.2) is 89.3 Å². The third-order valence-corrected chi connectivity index (χ3v) is 4.19. The molecule has 0 aliphatic rings. The monoisotopic (exact) mass is 313 g/mol. The Morgan fingerprint density at radius 3 is 2.33 bits per heavy atom. The third-order valence-electron chi connectivity index (χ3n) is 4.19. The summed E-state index contributed by atoms with van der Waals surface area (Å²) in [6.07, 6.45) is 0. The first-order chi connectivity index (χ1) is 11.9. The lowest BCUT2D eigenvalue weighted by atomic mass is 10.00. The van der Waals surface area contributed by atoms with E-state index in [1.165, 1.54) is 16.7 Å². The zero-order valence-electron chi connectivity index (χ0n) is 13.4. The van der Waals surface area contributed by atoms with Gasteiger partial charge in [-0.2, -0.15) is 0 Å². The van der Waals surface area contributed by atoms with E-state index in [1.807, 2.05) is 24.3 Å². The highest BCUT2D eigenvalue weighted by Gasteiger charge is 2.06. The summed E-state index contributed by atoms with van der Waals surface area (Å²) in [5.41, 5.74) is 4.76. The van der Waals surface area contributed by atoms with Gasteiger partial charge in [0.05, 0.1) is 6.54 Å². The molecule has 3 aromatic carbocycles. The molecule has 0 spiro atoms. The van der Waals surface area contributed by atoms with Crippen molar-refractivity contribution in [2.45, 2.75) is 13.1 Å². The lowest BCUT2D eigenvalue weighted by Crippen LogP contribution is -2.12. The predicted octanol–water partition coefficient (Wildman–Crippen LogP) is 5.39.